The van der Waals surface area contributed by atoms with Crippen molar-refractivity contribution in [3.63, 3.8) is 0 Å². The van der Waals surface area contributed by atoms with Gasteiger partial charge >= 0.3 is 0 Å². The van der Waals surface area contributed by atoms with Gasteiger partial charge in [0.1, 0.15) is 18.1 Å². The van der Waals surface area contributed by atoms with Crippen molar-refractivity contribution in [3.05, 3.63) is 59.1 Å². The van der Waals surface area contributed by atoms with Gasteiger partial charge in [0.05, 0.1) is 25.3 Å². The molecule has 2 N–H and O–H groups in total. The minimum Gasteiger partial charge on any atom is -0.493 e. The Morgan fingerprint density at radius 2 is 1.73 bits per heavy atom. The van der Waals surface area contributed by atoms with Gasteiger partial charge in [-0.05, 0) is 43.3 Å². The number of hydrogen-bond acceptors (Lipinski definition) is 4. The highest BCUT2D eigenvalue weighted by Crippen LogP contribution is 2.17. The first-order chi connectivity index (χ1) is 12.6. The van der Waals surface area contributed by atoms with Gasteiger partial charge in [-0.3, -0.25) is 9.59 Å². The largest absolute Gasteiger partial charge is 0.493 e. The highest BCUT2D eigenvalue weighted by molar-refractivity contribution is 6.30. The smallest absolute Gasteiger partial charge is 0.255 e. The molecule has 0 aliphatic rings. The molecule has 2 amide bonds. The van der Waals surface area contributed by atoms with E-state index >= 15 is 0 Å². The Labute approximate surface area is 157 Å². The van der Waals surface area contributed by atoms with Crippen LogP contribution in [0.3, 0.4) is 0 Å². The van der Waals surface area contributed by atoms with E-state index in [1.807, 2.05) is 6.92 Å². The monoisotopic (exact) mass is 376 g/mol. The first kappa shape index (κ1) is 19.6. The number of para-hydroxylation sites is 1. The molecule has 0 heterocycles. The summed E-state index contributed by atoms with van der Waals surface area (Å²) >= 11 is 5.79. The van der Waals surface area contributed by atoms with Gasteiger partial charge in [0.25, 0.3) is 5.91 Å². The van der Waals surface area contributed by atoms with E-state index < -0.39 is 0 Å². The lowest BCUT2D eigenvalue weighted by molar-refractivity contribution is -0.120. The Bertz CT molecular complexity index is 735. The molecule has 26 heavy (non-hydrogen) atoms. The molecule has 2 aromatic rings. The predicted molar refractivity (Wildman–Crippen MR) is 99.9 cm³/mol. The zero-order chi connectivity index (χ0) is 18.8. The Balaban J connectivity index is 1.70. The highest BCUT2D eigenvalue weighted by Gasteiger charge is 2.12. The van der Waals surface area contributed by atoms with E-state index in [0.29, 0.717) is 41.8 Å². The molecule has 0 aliphatic heterocycles. The molecule has 0 aliphatic carbocycles. The number of carbonyl (C=O) groups is 2. The number of amides is 2. The van der Waals surface area contributed by atoms with Crippen molar-refractivity contribution in [3.8, 4) is 11.5 Å². The molecule has 6 nitrogen and oxygen atoms in total. The van der Waals surface area contributed by atoms with Gasteiger partial charge in [-0.2, -0.15) is 0 Å². The molecule has 0 saturated carbocycles. The lowest BCUT2D eigenvalue weighted by Gasteiger charge is -2.11. The van der Waals surface area contributed by atoms with Crippen molar-refractivity contribution < 1.29 is 19.1 Å². The first-order valence-corrected chi connectivity index (χ1v) is 8.63. The number of ether oxygens (including phenoxy) is 2. The molecule has 0 spiro atoms. The Morgan fingerprint density at radius 1 is 1.00 bits per heavy atom. The Morgan fingerprint density at radius 3 is 2.46 bits per heavy atom. The van der Waals surface area contributed by atoms with Crippen LogP contribution in [0.1, 0.15) is 17.3 Å². The van der Waals surface area contributed by atoms with Gasteiger partial charge in [-0.25, -0.2) is 0 Å². The summed E-state index contributed by atoms with van der Waals surface area (Å²) in [7, 11) is 0. The molecule has 0 aromatic heterocycles. The summed E-state index contributed by atoms with van der Waals surface area (Å²) < 4.78 is 10.9. The van der Waals surface area contributed by atoms with E-state index in [9.17, 15) is 9.59 Å². The number of hydrogen-bond donors (Lipinski definition) is 2. The molecule has 0 radical (unpaired) electrons. The number of nitrogens with one attached hydrogen (secondary N) is 2. The maximum Gasteiger partial charge on any atom is 0.255 e. The number of halogens is 1. The molecule has 0 saturated heterocycles. The SMILES string of the molecule is CCOc1ccccc1C(=O)NCC(=O)NCCOc1ccc(Cl)cc1. The van der Waals surface area contributed by atoms with Gasteiger partial charge in [0, 0.05) is 5.02 Å². The summed E-state index contributed by atoms with van der Waals surface area (Å²) in [6, 6.07) is 13.8. The molecule has 7 heteroatoms. The van der Waals surface area contributed by atoms with E-state index in [1.165, 1.54) is 0 Å². The molecular weight excluding hydrogens is 356 g/mol. The van der Waals surface area contributed by atoms with E-state index in [-0.39, 0.29) is 18.4 Å². The van der Waals surface area contributed by atoms with Crippen molar-refractivity contribution in [2.24, 2.45) is 0 Å². The fourth-order valence-electron chi connectivity index (χ4n) is 2.14. The normalized spacial score (nSPS) is 10.1. The van der Waals surface area contributed by atoms with E-state index in [2.05, 4.69) is 10.6 Å². The molecule has 0 atom stereocenters. The predicted octanol–water partition coefficient (Wildman–Crippen LogP) is 2.66. The summed E-state index contributed by atoms with van der Waals surface area (Å²) in [5.41, 5.74) is 0.397. The van der Waals surface area contributed by atoms with E-state index in [4.69, 9.17) is 21.1 Å². The van der Waals surface area contributed by atoms with Crippen molar-refractivity contribution in [2.75, 3.05) is 26.3 Å². The molecule has 2 aromatic carbocycles. The van der Waals surface area contributed by atoms with Crippen LogP contribution in [0.2, 0.25) is 5.02 Å². The van der Waals surface area contributed by atoms with Crippen molar-refractivity contribution >= 4 is 23.4 Å². The molecule has 0 bridgehead atoms. The van der Waals surface area contributed by atoms with Crippen LogP contribution in [-0.4, -0.2) is 38.1 Å². The van der Waals surface area contributed by atoms with Gasteiger partial charge in [-0.15, -0.1) is 0 Å². The zero-order valence-corrected chi connectivity index (χ0v) is 15.2. The maximum absolute atomic E-state index is 12.2. The number of rotatable bonds is 9. The van der Waals surface area contributed by atoms with Crippen molar-refractivity contribution in [2.45, 2.75) is 6.92 Å². The van der Waals surface area contributed by atoms with Gasteiger partial charge < -0.3 is 20.1 Å². The average molecular weight is 377 g/mol. The van der Waals surface area contributed by atoms with Gasteiger partial charge in [0.2, 0.25) is 5.91 Å². The molecule has 2 rings (SSSR count). The third-order valence-electron chi connectivity index (χ3n) is 3.35. The minimum absolute atomic E-state index is 0.125. The maximum atomic E-state index is 12.2. The number of benzene rings is 2. The topological polar surface area (TPSA) is 76.7 Å². The third kappa shape index (κ3) is 6.29. The fraction of sp³-hybridized carbons (Fsp3) is 0.263. The van der Waals surface area contributed by atoms with Gasteiger partial charge in [0.15, 0.2) is 0 Å². The summed E-state index contributed by atoms with van der Waals surface area (Å²) in [5, 5.41) is 5.88. The average Bonchev–Trinajstić information content (AvgIpc) is 2.65. The third-order valence-corrected chi connectivity index (χ3v) is 3.60. The van der Waals surface area contributed by atoms with Crippen LogP contribution in [-0.2, 0) is 4.79 Å². The van der Waals surface area contributed by atoms with Crippen LogP contribution in [0, 0.1) is 0 Å². The zero-order valence-electron chi connectivity index (χ0n) is 14.5. The van der Waals surface area contributed by atoms with Gasteiger partial charge in [-0.1, -0.05) is 23.7 Å². The van der Waals surface area contributed by atoms with E-state index in [1.54, 1.807) is 48.5 Å². The molecular formula is C19H21ClN2O4. The van der Waals surface area contributed by atoms with Crippen molar-refractivity contribution in [1.82, 2.24) is 10.6 Å². The summed E-state index contributed by atoms with van der Waals surface area (Å²) in [4.78, 5) is 24.0. The van der Waals surface area contributed by atoms with Crippen LogP contribution >= 0.6 is 11.6 Å². The summed E-state index contributed by atoms with van der Waals surface area (Å²) in [6.07, 6.45) is 0. The van der Waals surface area contributed by atoms with Crippen LogP contribution in [0.4, 0.5) is 0 Å². The standard InChI is InChI=1S/C19H21ClN2O4/c1-2-25-17-6-4-3-5-16(17)19(24)22-13-18(23)21-11-12-26-15-9-7-14(20)8-10-15/h3-10H,2,11-13H2,1H3,(H,21,23)(H,22,24). The lowest BCUT2D eigenvalue weighted by atomic mass is 10.2. The minimum atomic E-state index is -0.360. The highest BCUT2D eigenvalue weighted by atomic mass is 35.5. The second kappa shape index (κ2) is 10.3. The van der Waals surface area contributed by atoms with Crippen LogP contribution in [0.5, 0.6) is 11.5 Å². The quantitative estimate of drug-likeness (QED) is 0.660. The van der Waals surface area contributed by atoms with Crippen LogP contribution in [0.25, 0.3) is 0 Å². The summed E-state index contributed by atoms with van der Waals surface area (Å²) in [5.74, 6) is 0.502. The van der Waals surface area contributed by atoms with Crippen LogP contribution in [0.15, 0.2) is 48.5 Å². The van der Waals surface area contributed by atoms with E-state index in [0.717, 1.165) is 0 Å². The second-order valence-corrected chi connectivity index (χ2v) is 5.70. The Hall–Kier alpha value is -2.73. The fourth-order valence-corrected chi connectivity index (χ4v) is 2.27. The number of carbonyl (C=O) groups excluding carboxylic acids is 2. The molecule has 0 unspecified atom stereocenters. The molecule has 0 fully saturated rings. The summed E-state index contributed by atoms with van der Waals surface area (Å²) in [6.45, 7) is 2.81. The van der Waals surface area contributed by atoms with Crippen LogP contribution < -0.4 is 20.1 Å². The molecule has 138 valence electrons. The second-order valence-electron chi connectivity index (χ2n) is 5.26. The lowest BCUT2D eigenvalue weighted by Crippen LogP contribution is -2.38. The van der Waals surface area contributed by atoms with Crippen molar-refractivity contribution in [1.29, 1.82) is 0 Å². The first-order valence-electron chi connectivity index (χ1n) is 8.25. The Kier molecular flexibility index (Phi) is 7.76.